The summed E-state index contributed by atoms with van der Waals surface area (Å²) in [5, 5.41) is 0. The van der Waals surface area contributed by atoms with Gasteiger partial charge in [0.05, 0.1) is 0 Å². The maximum Gasteiger partial charge on any atom is -0.0443 e. The molecule has 0 heterocycles. The molecular weight excluding hydrogens is 144 g/mol. The molecule has 0 unspecified atom stereocenters. The molecule has 12 heavy (non-hydrogen) atoms. The van der Waals surface area contributed by atoms with Gasteiger partial charge >= 0.3 is 0 Å². The van der Waals surface area contributed by atoms with E-state index >= 15 is 0 Å². The molecule has 0 spiro atoms. The summed E-state index contributed by atoms with van der Waals surface area (Å²) < 4.78 is 0. The SMILES string of the molecule is CCC[C@@H](C)CC[C@H](C)CCC. The second-order valence-corrected chi connectivity index (χ2v) is 4.37. The van der Waals surface area contributed by atoms with Gasteiger partial charge in [-0.15, -0.1) is 0 Å². The predicted octanol–water partition coefficient (Wildman–Crippen LogP) is 4.64. The molecule has 0 amide bonds. The van der Waals surface area contributed by atoms with E-state index in [1.807, 2.05) is 0 Å². The van der Waals surface area contributed by atoms with E-state index in [2.05, 4.69) is 27.7 Å². The molecule has 0 aromatic rings. The van der Waals surface area contributed by atoms with Crippen LogP contribution in [0.3, 0.4) is 0 Å². The molecular formula is C12H26. The second-order valence-electron chi connectivity index (χ2n) is 4.37. The molecule has 0 radical (unpaired) electrons. The van der Waals surface area contributed by atoms with Crippen molar-refractivity contribution >= 4 is 0 Å². The fraction of sp³-hybridized carbons (Fsp3) is 1.00. The first-order chi connectivity index (χ1) is 5.70. The average molecular weight is 170 g/mol. The molecule has 0 nitrogen and oxygen atoms in total. The van der Waals surface area contributed by atoms with Crippen LogP contribution in [-0.2, 0) is 0 Å². The van der Waals surface area contributed by atoms with Gasteiger partial charge in [-0.1, -0.05) is 66.2 Å². The monoisotopic (exact) mass is 170 g/mol. The van der Waals surface area contributed by atoms with Crippen LogP contribution in [-0.4, -0.2) is 0 Å². The first kappa shape index (κ1) is 12.0. The summed E-state index contributed by atoms with van der Waals surface area (Å²) in [7, 11) is 0. The van der Waals surface area contributed by atoms with Crippen molar-refractivity contribution in [2.45, 2.75) is 66.2 Å². The highest BCUT2D eigenvalue weighted by Crippen LogP contribution is 2.19. The van der Waals surface area contributed by atoms with E-state index in [4.69, 9.17) is 0 Å². The molecule has 2 atom stereocenters. The van der Waals surface area contributed by atoms with Crippen LogP contribution >= 0.6 is 0 Å². The summed E-state index contributed by atoms with van der Waals surface area (Å²) in [5.74, 6) is 1.91. The van der Waals surface area contributed by atoms with E-state index in [9.17, 15) is 0 Å². The molecule has 0 aromatic heterocycles. The Balaban J connectivity index is 3.27. The lowest BCUT2D eigenvalue weighted by Gasteiger charge is -2.13. The first-order valence-electron chi connectivity index (χ1n) is 5.70. The molecule has 74 valence electrons. The van der Waals surface area contributed by atoms with Crippen molar-refractivity contribution in [1.29, 1.82) is 0 Å². The van der Waals surface area contributed by atoms with Crippen LogP contribution in [0.4, 0.5) is 0 Å². The molecule has 0 heteroatoms. The van der Waals surface area contributed by atoms with Crippen molar-refractivity contribution in [2.24, 2.45) is 11.8 Å². The van der Waals surface area contributed by atoms with Crippen LogP contribution in [0.15, 0.2) is 0 Å². The number of hydrogen-bond acceptors (Lipinski definition) is 0. The highest BCUT2D eigenvalue weighted by Gasteiger charge is 2.04. The molecule has 0 bridgehead atoms. The van der Waals surface area contributed by atoms with E-state index in [1.165, 1.54) is 38.5 Å². The van der Waals surface area contributed by atoms with Crippen molar-refractivity contribution in [3.8, 4) is 0 Å². The Kier molecular flexibility index (Phi) is 7.64. The van der Waals surface area contributed by atoms with Gasteiger partial charge in [-0.05, 0) is 11.8 Å². The third-order valence-electron chi connectivity index (χ3n) is 2.72. The van der Waals surface area contributed by atoms with Gasteiger partial charge in [0.15, 0.2) is 0 Å². The van der Waals surface area contributed by atoms with Gasteiger partial charge in [-0.25, -0.2) is 0 Å². The Morgan fingerprint density at radius 1 is 0.667 bits per heavy atom. The zero-order chi connectivity index (χ0) is 9.40. The topological polar surface area (TPSA) is 0 Å². The number of hydrogen-bond donors (Lipinski definition) is 0. The predicted molar refractivity (Wildman–Crippen MR) is 57.4 cm³/mol. The molecule has 0 rings (SSSR count). The van der Waals surface area contributed by atoms with Crippen LogP contribution in [0, 0.1) is 11.8 Å². The zero-order valence-corrected chi connectivity index (χ0v) is 9.40. The van der Waals surface area contributed by atoms with Gasteiger partial charge in [-0.2, -0.15) is 0 Å². The number of rotatable bonds is 7. The van der Waals surface area contributed by atoms with Crippen molar-refractivity contribution in [2.75, 3.05) is 0 Å². The standard InChI is InChI=1S/C12H26/c1-5-7-11(3)9-10-12(4)8-6-2/h11-12H,5-10H2,1-4H3/t11-,12-/m1/s1. The van der Waals surface area contributed by atoms with Gasteiger partial charge < -0.3 is 0 Å². The smallest absolute Gasteiger partial charge is 0.0443 e. The zero-order valence-electron chi connectivity index (χ0n) is 9.40. The quantitative estimate of drug-likeness (QED) is 0.522. The van der Waals surface area contributed by atoms with Gasteiger partial charge in [-0.3, -0.25) is 0 Å². The fourth-order valence-corrected chi connectivity index (χ4v) is 1.84. The third-order valence-corrected chi connectivity index (χ3v) is 2.72. The lowest BCUT2D eigenvalue weighted by atomic mass is 9.93. The van der Waals surface area contributed by atoms with E-state index in [-0.39, 0.29) is 0 Å². The molecule has 0 aliphatic carbocycles. The van der Waals surface area contributed by atoms with Crippen LogP contribution in [0.25, 0.3) is 0 Å². The Bertz CT molecular complexity index is 74.0. The largest absolute Gasteiger partial charge is 0.0654 e. The van der Waals surface area contributed by atoms with E-state index < -0.39 is 0 Å². The van der Waals surface area contributed by atoms with Gasteiger partial charge in [0, 0.05) is 0 Å². The van der Waals surface area contributed by atoms with E-state index in [1.54, 1.807) is 0 Å². The minimum atomic E-state index is 0.953. The molecule has 0 aromatic carbocycles. The summed E-state index contributed by atoms with van der Waals surface area (Å²) in [6.07, 6.45) is 8.41. The fourth-order valence-electron chi connectivity index (χ4n) is 1.84. The molecule has 0 saturated heterocycles. The van der Waals surface area contributed by atoms with Crippen molar-refractivity contribution in [3.05, 3.63) is 0 Å². The van der Waals surface area contributed by atoms with E-state index in [0.29, 0.717) is 0 Å². The minimum absolute atomic E-state index is 0.953. The Labute approximate surface area is 78.8 Å². The van der Waals surface area contributed by atoms with Crippen LogP contribution < -0.4 is 0 Å². The highest BCUT2D eigenvalue weighted by molar-refractivity contribution is 4.57. The van der Waals surface area contributed by atoms with Crippen LogP contribution in [0.2, 0.25) is 0 Å². The summed E-state index contributed by atoms with van der Waals surface area (Å²) in [5.41, 5.74) is 0. The maximum atomic E-state index is 2.39. The first-order valence-corrected chi connectivity index (χ1v) is 5.70. The molecule has 0 aliphatic heterocycles. The van der Waals surface area contributed by atoms with Gasteiger partial charge in [0.2, 0.25) is 0 Å². The molecule has 0 aliphatic rings. The third kappa shape index (κ3) is 6.69. The maximum absolute atomic E-state index is 2.39. The van der Waals surface area contributed by atoms with E-state index in [0.717, 1.165) is 11.8 Å². The summed E-state index contributed by atoms with van der Waals surface area (Å²) in [6, 6.07) is 0. The Hall–Kier alpha value is 0. The second kappa shape index (κ2) is 7.64. The highest BCUT2D eigenvalue weighted by atomic mass is 14.1. The minimum Gasteiger partial charge on any atom is -0.0654 e. The molecule has 0 fully saturated rings. The lowest BCUT2D eigenvalue weighted by Crippen LogP contribution is -1.99. The van der Waals surface area contributed by atoms with Gasteiger partial charge in [0.1, 0.15) is 0 Å². The molecule has 0 saturated carbocycles. The summed E-state index contributed by atoms with van der Waals surface area (Å²) in [6.45, 7) is 9.35. The van der Waals surface area contributed by atoms with Crippen molar-refractivity contribution in [3.63, 3.8) is 0 Å². The Morgan fingerprint density at radius 2 is 1.00 bits per heavy atom. The average Bonchev–Trinajstić information content (AvgIpc) is 2.02. The van der Waals surface area contributed by atoms with Crippen LogP contribution in [0.5, 0.6) is 0 Å². The normalized spacial score (nSPS) is 16.0. The van der Waals surface area contributed by atoms with Gasteiger partial charge in [0.25, 0.3) is 0 Å². The van der Waals surface area contributed by atoms with Crippen molar-refractivity contribution < 1.29 is 0 Å². The van der Waals surface area contributed by atoms with Crippen molar-refractivity contribution in [1.82, 2.24) is 0 Å². The Morgan fingerprint density at radius 3 is 1.25 bits per heavy atom. The van der Waals surface area contributed by atoms with Crippen LogP contribution in [0.1, 0.15) is 66.2 Å². The summed E-state index contributed by atoms with van der Waals surface area (Å²) in [4.78, 5) is 0. The molecule has 0 N–H and O–H groups in total. The summed E-state index contributed by atoms with van der Waals surface area (Å²) >= 11 is 0. The lowest BCUT2D eigenvalue weighted by molar-refractivity contribution is 0.393.